The molecule has 0 saturated carbocycles. The van der Waals surface area contributed by atoms with Gasteiger partial charge in [-0.3, -0.25) is 14.5 Å². The van der Waals surface area contributed by atoms with Crippen molar-refractivity contribution < 1.29 is 14.3 Å². The van der Waals surface area contributed by atoms with Gasteiger partial charge < -0.3 is 10.1 Å². The molecule has 1 N–H and O–H groups in total. The highest BCUT2D eigenvalue weighted by Gasteiger charge is 2.31. The third kappa shape index (κ3) is 4.82. The SMILES string of the molecule is COC(=O)C1CCN(C(C)C(=O)NC(C)(C)C)CC1. The molecule has 1 aliphatic rings. The normalized spacial score (nSPS) is 19.8. The first-order valence-corrected chi connectivity index (χ1v) is 6.88. The summed E-state index contributed by atoms with van der Waals surface area (Å²) in [5.74, 6) is -0.102. The van der Waals surface area contributed by atoms with Crippen molar-refractivity contribution in [3.63, 3.8) is 0 Å². The molecule has 1 unspecified atom stereocenters. The van der Waals surface area contributed by atoms with Gasteiger partial charge in [0, 0.05) is 5.54 Å². The standard InChI is InChI=1S/C14H26N2O3/c1-10(12(17)15-14(2,3)4)16-8-6-11(7-9-16)13(18)19-5/h10-11H,6-9H2,1-5H3,(H,15,17). The van der Waals surface area contributed by atoms with Crippen LogP contribution >= 0.6 is 0 Å². The molecule has 0 aromatic carbocycles. The first-order valence-electron chi connectivity index (χ1n) is 6.88. The Kier molecular flexibility index (Phi) is 5.35. The zero-order valence-corrected chi connectivity index (χ0v) is 12.7. The molecule has 110 valence electrons. The van der Waals surface area contributed by atoms with E-state index in [0.717, 1.165) is 25.9 Å². The number of esters is 1. The summed E-state index contributed by atoms with van der Waals surface area (Å²) in [7, 11) is 1.42. The number of ether oxygens (including phenoxy) is 1. The minimum absolute atomic E-state index is 0.0147. The minimum Gasteiger partial charge on any atom is -0.469 e. The van der Waals surface area contributed by atoms with Gasteiger partial charge in [-0.2, -0.15) is 0 Å². The van der Waals surface area contributed by atoms with Gasteiger partial charge in [0.25, 0.3) is 0 Å². The van der Waals surface area contributed by atoms with E-state index < -0.39 is 0 Å². The lowest BCUT2D eigenvalue weighted by Crippen LogP contribution is -2.53. The van der Waals surface area contributed by atoms with E-state index in [1.54, 1.807) is 0 Å². The average molecular weight is 270 g/mol. The van der Waals surface area contributed by atoms with Gasteiger partial charge in [-0.15, -0.1) is 0 Å². The zero-order chi connectivity index (χ0) is 14.6. The van der Waals surface area contributed by atoms with E-state index in [1.807, 2.05) is 27.7 Å². The lowest BCUT2D eigenvalue weighted by Gasteiger charge is -2.35. The van der Waals surface area contributed by atoms with Crippen LogP contribution in [0.4, 0.5) is 0 Å². The summed E-state index contributed by atoms with van der Waals surface area (Å²) in [5, 5.41) is 2.99. The molecule has 1 atom stereocenters. The Morgan fingerprint density at radius 2 is 1.79 bits per heavy atom. The van der Waals surface area contributed by atoms with Crippen molar-refractivity contribution in [1.82, 2.24) is 10.2 Å². The molecule has 1 rings (SSSR count). The van der Waals surface area contributed by atoms with Crippen LogP contribution in [-0.4, -0.2) is 48.6 Å². The van der Waals surface area contributed by atoms with Crippen LogP contribution in [-0.2, 0) is 14.3 Å². The quantitative estimate of drug-likeness (QED) is 0.782. The van der Waals surface area contributed by atoms with Crippen molar-refractivity contribution in [3.05, 3.63) is 0 Å². The van der Waals surface area contributed by atoms with Crippen LogP contribution in [0.2, 0.25) is 0 Å². The van der Waals surface area contributed by atoms with E-state index >= 15 is 0 Å². The number of hydrogen-bond acceptors (Lipinski definition) is 4. The summed E-state index contributed by atoms with van der Waals surface area (Å²) in [4.78, 5) is 25.7. The number of methoxy groups -OCH3 is 1. The van der Waals surface area contributed by atoms with Gasteiger partial charge in [0.05, 0.1) is 19.1 Å². The Bertz CT molecular complexity index is 328. The molecular weight excluding hydrogens is 244 g/mol. The minimum atomic E-state index is -0.213. The van der Waals surface area contributed by atoms with Gasteiger partial charge >= 0.3 is 5.97 Å². The highest BCUT2D eigenvalue weighted by Crippen LogP contribution is 2.20. The third-order valence-corrected chi connectivity index (χ3v) is 3.49. The Morgan fingerprint density at radius 3 is 2.21 bits per heavy atom. The van der Waals surface area contributed by atoms with Crippen LogP contribution in [0.15, 0.2) is 0 Å². The Labute approximate surface area is 115 Å². The molecule has 0 aromatic rings. The number of nitrogens with one attached hydrogen (secondary N) is 1. The number of nitrogens with zero attached hydrogens (tertiary/aromatic N) is 1. The van der Waals surface area contributed by atoms with Crippen molar-refractivity contribution in [3.8, 4) is 0 Å². The second-order valence-corrected chi connectivity index (χ2v) is 6.25. The molecule has 1 fully saturated rings. The van der Waals surface area contributed by atoms with Crippen LogP contribution in [0.25, 0.3) is 0 Å². The van der Waals surface area contributed by atoms with Gasteiger partial charge in [-0.05, 0) is 53.6 Å². The topological polar surface area (TPSA) is 58.6 Å². The first kappa shape index (κ1) is 16.0. The smallest absolute Gasteiger partial charge is 0.308 e. The Balaban J connectivity index is 2.46. The predicted molar refractivity (Wildman–Crippen MR) is 73.7 cm³/mol. The van der Waals surface area contributed by atoms with Crippen molar-refractivity contribution in [2.45, 2.75) is 52.1 Å². The average Bonchev–Trinajstić information content (AvgIpc) is 2.35. The van der Waals surface area contributed by atoms with Gasteiger partial charge in [-0.25, -0.2) is 0 Å². The van der Waals surface area contributed by atoms with Crippen molar-refractivity contribution in [2.24, 2.45) is 5.92 Å². The monoisotopic (exact) mass is 270 g/mol. The van der Waals surface area contributed by atoms with Crippen LogP contribution in [0.5, 0.6) is 0 Å². The fourth-order valence-electron chi connectivity index (χ4n) is 2.33. The molecule has 0 aliphatic carbocycles. The first-order chi connectivity index (χ1) is 8.74. The molecule has 1 aliphatic heterocycles. The summed E-state index contributed by atoms with van der Waals surface area (Å²) >= 11 is 0. The number of carbonyl (C=O) groups is 2. The fourth-order valence-corrected chi connectivity index (χ4v) is 2.33. The van der Waals surface area contributed by atoms with Crippen LogP contribution < -0.4 is 5.32 Å². The second-order valence-electron chi connectivity index (χ2n) is 6.25. The lowest BCUT2D eigenvalue weighted by molar-refractivity contribution is -0.147. The molecule has 0 aromatic heterocycles. The molecule has 0 radical (unpaired) electrons. The number of amides is 1. The summed E-state index contributed by atoms with van der Waals surface area (Å²) in [6.07, 6.45) is 1.53. The van der Waals surface area contributed by atoms with E-state index in [2.05, 4.69) is 10.2 Å². The van der Waals surface area contributed by atoms with E-state index in [-0.39, 0.29) is 29.4 Å². The number of likely N-dealkylation sites (tertiary alicyclic amines) is 1. The molecule has 5 heteroatoms. The lowest BCUT2D eigenvalue weighted by atomic mass is 9.96. The van der Waals surface area contributed by atoms with Crippen molar-refractivity contribution >= 4 is 11.9 Å². The molecule has 1 heterocycles. The van der Waals surface area contributed by atoms with Crippen LogP contribution in [0.3, 0.4) is 0 Å². The summed E-state index contributed by atoms with van der Waals surface area (Å²) in [6.45, 7) is 9.36. The van der Waals surface area contributed by atoms with Crippen molar-refractivity contribution in [1.29, 1.82) is 0 Å². The summed E-state index contributed by atoms with van der Waals surface area (Å²) in [6, 6.07) is -0.155. The Hall–Kier alpha value is -1.10. The molecule has 1 amide bonds. The molecule has 0 spiro atoms. The van der Waals surface area contributed by atoms with E-state index in [9.17, 15) is 9.59 Å². The number of hydrogen-bond donors (Lipinski definition) is 1. The van der Waals surface area contributed by atoms with Crippen LogP contribution in [0.1, 0.15) is 40.5 Å². The Morgan fingerprint density at radius 1 is 1.26 bits per heavy atom. The van der Waals surface area contributed by atoms with Gasteiger partial charge in [0.15, 0.2) is 0 Å². The largest absolute Gasteiger partial charge is 0.469 e. The predicted octanol–water partition coefficient (Wildman–Crippen LogP) is 1.17. The van der Waals surface area contributed by atoms with E-state index in [1.165, 1.54) is 7.11 Å². The third-order valence-electron chi connectivity index (χ3n) is 3.49. The van der Waals surface area contributed by atoms with Crippen molar-refractivity contribution in [2.75, 3.05) is 20.2 Å². The van der Waals surface area contributed by atoms with Gasteiger partial charge in [-0.1, -0.05) is 0 Å². The molecule has 19 heavy (non-hydrogen) atoms. The molecule has 5 nitrogen and oxygen atoms in total. The number of carbonyl (C=O) groups excluding carboxylic acids is 2. The number of rotatable bonds is 3. The van der Waals surface area contributed by atoms with Crippen LogP contribution in [0, 0.1) is 5.92 Å². The highest BCUT2D eigenvalue weighted by molar-refractivity contribution is 5.82. The number of piperidine rings is 1. The van der Waals surface area contributed by atoms with E-state index in [0.29, 0.717) is 0 Å². The highest BCUT2D eigenvalue weighted by atomic mass is 16.5. The molecule has 0 bridgehead atoms. The summed E-state index contributed by atoms with van der Waals surface area (Å²) < 4.78 is 4.76. The van der Waals surface area contributed by atoms with Gasteiger partial charge in [0.2, 0.25) is 5.91 Å². The maximum Gasteiger partial charge on any atom is 0.308 e. The molecule has 1 saturated heterocycles. The maximum atomic E-state index is 12.1. The fraction of sp³-hybridized carbons (Fsp3) is 0.857. The van der Waals surface area contributed by atoms with Gasteiger partial charge in [0.1, 0.15) is 0 Å². The second kappa shape index (κ2) is 6.37. The van der Waals surface area contributed by atoms with E-state index in [4.69, 9.17) is 4.74 Å². The maximum absolute atomic E-state index is 12.1. The zero-order valence-electron chi connectivity index (χ0n) is 12.7. The molecular formula is C14H26N2O3. The summed E-state index contributed by atoms with van der Waals surface area (Å²) in [5.41, 5.74) is -0.213.